The molecule has 5 nitrogen and oxygen atoms in total. The fraction of sp³-hybridized carbons (Fsp3) is 0.667. The predicted molar refractivity (Wildman–Crippen MR) is 72.6 cm³/mol. The van der Waals surface area contributed by atoms with E-state index in [1.54, 1.807) is 7.11 Å². The molecule has 1 rings (SSSR count). The Labute approximate surface area is 112 Å². The van der Waals surface area contributed by atoms with Crippen molar-refractivity contribution < 1.29 is 14.3 Å². The van der Waals surface area contributed by atoms with Crippen molar-refractivity contribution in [1.29, 1.82) is 0 Å². The van der Waals surface area contributed by atoms with Crippen LogP contribution in [-0.4, -0.2) is 44.7 Å². The number of thiazole rings is 1. The Hall–Kier alpha value is -0.980. The molecule has 0 atom stereocenters. The lowest BCUT2D eigenvalue weighted by Crippen LogP contribution is -2.23. The minimum atomic E-state index is 0.226. The molecule has 0 bridgehead atoms. The molecule has 0 saturated heterocycles. The third-order valence-electron chi connectivity index (χ3n) is 2.31. The fourth-order valence-corrected chi connectivity index (χ4v) is 2.24. The predicted octanol–water partition coefficient (Wildman–Crippen LogP) is 1.96. The molecule has 0 fully saturated rings. The van der Waals surface area contributed by atoms with Gasteiger partial charge in [-0.2, -0.15) is 0 Å². The van der Waals surface area contributed by atoms with E-state index in [9.17, 15) is 4.79 Å². The Kier molecular flexibility index (Phi) is 6.24. The number of anilines is 1. The van der Waals surface area contributed by atoms with Crippen LogP contribution in [0.25, 0.3) is 0 Å². The van der Waals surface area contributed by atoms with Crippen molar-refractivity contribution in [3.05, 3.63) is 10.6 Å². The Balaban J connectivity index is 2.61. The van der Waals surface area contributed by atoms with Crippen LogP contribution >= 0.6 is 11.3 Å². The zero-order valence-electron chi connectivity index (χ0n) is 11.3. The van der Waals surface area contributed by atoms with E-state index in [0.29, 0.717) is 23.8 Å². The Morgan fingerprint density at radius 2 is 2.22 bits per heavy atom. The smallest absolute Gasteiger partial charge is 0.186 e. The van der Waals surface area contributed by atoms with Crippen molar-refractivity contribution >= 4 is 22.8 Å². The number of carbonyl (C=O) groups excluding carboxylic acids is 1. The number of rotatable bonds is 8. The van der Waals surface area contributed by atoms with Crippen molar-refractivity contribution in [1.82, 2.24) is 4.98 Å². The third kappa shape index (κ3) is 4.36. The molecule has 18 heavy (non-hydrogen) atoms. The molecule has 6 heteroatoms. The number of carbonyl (C=O) groups is 1. The first-order valence-corrected chi connectivity index (χ1v) is 6.66. The quantitative estimate of drug-likeness (QED) is 0.677. The highest BCUT2D eigenvalue weighted by Crippen LogP contribution is 2.24. The second-order valence-electron chi connectivity index (χ2n) is 4.20. The summed E-state index contributed by atoms with van der Waals surface area (Å²) in [4.78, 5) is 17.9. The van der Waals surface area contributed by atoms with Gasteiger partial charge in [0.05, 0.1) is 29.9 Å². The van der Waals surface area contributed by atoms with Crippen LogP contribution in [0.15, 0.2) is 0 Å². The van der Waals surface area contributed by atoms with E-state index in [-0.39, 0.29) is 6.10 Å². The van der Waals surface area contributed by atoms with Crippen molar-refractivity contribution in [2.75, 3.05) is 32.2 Å². The number of likely N-dealkylation sites (N-methyl/N-ethyl adjacent to an activating group) is 1. The van der Waals surface area contributed by atoms with Crippen LogP contribution < -0.4 is 4.90 Å². The van der Waals surface area contributed by atoms with Crippen LogP contribution in [0.4, 0.5) is 5.13 Å². The monoisotopic (exact) mass is 272 g/mol. The number of nitrogens with zero attached hydrogens (tertiary/aromatic N) is 2. The van der Waals surface area contributed by atoms with E-state index in [2.05, 4.69) is 4.98 Å². The van der Waals surface area contributed by atoms with Gasteiger partial charge in [-0.25, -0.2) is 4.98 Å². The molecule has 0 spiro atoms. The van der Waals surface area contributed by atoms with Gasteiger partial charge < -0.3 is 14.4 Å². The van der Waals surface area contributed by atoms with Gasteiger partial charge in [-0.05, 0) is 13.8 Å². The topological polar surface area (TPSA) is 51.7 Å². The van der Waals surface area contributed by atoms with Gasteiger partial charge >= 0.3 is 0 Å². The van der Waals surface area contributed by atoms with E-state index in [4.69, 9.17) is 9.47 Å². The molecule has 1 aromatic rings. The molecule has 0 unspecified atom stereocenters. The van der Waals surface area contributed by atoms with E-state index >= 15 is 0 Å². The van der Waals surface area contributed by atoms with Crippen molar-refractivity contribution in [3.8, 4) is 0 Å². The van der Waals surface area contributed by atoms with Gasteiger partial charge in [0.2, 0.25) is 0 Å². The Bertz CT molecular complexity index is 379. The minimum Gasteiger partial charge on any atom is -0.378 e. The molecule has 0 aromatic carbocycles. The van der Waals surface area contributed by atoms with Gasteiger partial charge in [0.1, 0.15) is 0 Å². The summed E-state index contributed by atoms with van der Waals surface area (Å²) >= 11 is 1.38. The van der Waals surface area contributed by atoms with Crippen LogP contribution in [0, 0.1) is 0 Å². The number of methoxy groups -OCH3 is 1. The number of hydrogen-bond donors (Lipinski definition) is 0. The summed E-state index contributed by atoms with van der Waals surface area (Å²) < 4.78 is 10.5. The summed E-state index contributed by atoms with van der Waals surface area (Å²) in [6.07, 6.45) is 1.05. The summed E-state index contributed by atoms with van der Waals surface area (Å²) in [5, 5.41) is 0.816. The highest BCUT2D eigenvalue weighted by atomic mass is 32.1. The van der Waals surface area contributed by atoms with Crippen LogP contribution in [-0.2, 0) is 16.1 Å². The number of hydrogen-bond acceptors (Lipinski definition) is 6. The first kappa shape index (κ1) is 15.1. The average Bonchev–Trinajstić information content (AvgIpc) is 2.72. The number of ether oxygens (including phenoxy) is 2. The molecule has 0 aliphatic carbocycles. The molecular formula is C12H20N2O3S. The summed E-state index contributed by atoms with van der Waals surface area (Å²) in [7, 11) is 3.53. The fourth-order valence-electron chi connectivity index (χ4n) is 1.37. The maximum Gasteiger partial charge on any atom is 0.186 e. The molecule has 0 N–H and O–H groups in total. The summed E-state index contributed by atoms with van der Waals surface area (Å²) in [5.74, 6) is 0. The van der Waals surface area contributed by atoms with Crippen LogP contribution in [0.2, 0.25) is 0 Å². The summed E-state index contributed by atoms with van der Waals surface area (Å²) in [6.45, 7) is 5.76. The lowest BCUT2D eigenvalue weighted by molar-refractivity contribution is 0.0846. The molecule has 0 saturated carbocycles. The number of aldehydes is 1. The second-order valence-corrected chi connectivity index (χ2v) is 5.21. The van der Waals surface area contributed by atoms with E-state index in [1.165, 1.54) is 11.3 Å². The highest BCUT2D eigenvalue weighted by molar-refractivity contribution is 7.17. The van der Waals surface area contributed by atoms with Gasteiger partial charge in [0, 0.05) is 20.7 Å². The van der Waals surface area contributed by atoms with Gasteiger partial charge in [0.25, 0.3) is 0 Å². The molecule has 0 aliphatic heterocycles. The molecule has 1 aromatic heterocycles. The van der Waals surface area contributed by atoms with Gasteiger partial charge in [-0.1, -0.05) is 11.3 Å². The minimum absolute atomic E-state index is 0.226. The van der Waals surface area contributed by atoms with Crippen molar-refractivity contribution in [2.45, 2.75) is 26.6 Å². The maximum absolute atomic E-state index is 10.9. The normalized spacial score (nSPS) is 10.9. The highest BCUT2D eigenvalue weighted by Gasteiger charge is 2.13. The van der Waals surface area contributed by atoms with E-state index in [1.807, 2.05) is 25.8 Å². The molecule has 0 amide bonds. The first-order chi connectivity index (χ1) is 8.58. The number of aromatic nitrogens is 1. The maximum atomic E-state index is 10.9. The van der Waals surface area contributed by atoms with Crippen LogP contribution in [0.3, 0.4) is 0 Å². The Morgan fingerprint density at radius 3 is 2.78 bits per heavy atom. The van der Waals surface area contributed by atoms with Gasteiger partial charge in [-0.3, -0.25) is 4.79 Å². The lowest BCUT2D eigenvalue weighted by atomic mass is 10.4. The lowest BCUT2D eigenvalue weighted by Gasteiger charge is -2.16. The molecule has 0 radical (unpaired) electrons. The van der Waals surface area contributed by atoms with E-state index < -0.39 is 0 Å². The zero-order chi connectivity index (χ0) is 13.5. The molecular weight excluding hydrogens is 252 g/mol. The Morgan fingerprint density at radius 1 is 1.50 bits per heavy atom. The largest absolute Gasteiger partial charge is 0.378 e. The standard InChI is InChI=1S/C12H20N2O3S/c1-9(2)17-6-5-14(3)12-13-10(8-16-4)11(7-15)18-12/h7,9H,5-6,8H2,1-4H3. The van der Waals surface area contributed by atoms with Crippen molar-refractivity contribution in [3.63, 3.8) is 0 Å². The SMILES string of the molecule is COCc1nc(N(C)CCOC(C)C)sc1C=O. The van der Waals surface area contributed by atoms with Crippen molar-refractivity contribution in [2.24, 2.45) is 0 Å². The third-order valence-corrected chi connectivity index (χ3v) is 3.45. The molecule has 102 valence electrons. The van der Waals surface area contributed by atoms with E-state index in [0.717, 1.165) is 18.0 Å². The summed E-state index contributed by atoms with van der Waals surface area (Å²) in [5.41, 5.74) is 0.698. The zero-order valence-corrected chi connectivity index (χ0v) is 12.1. The van der Waals surface area contributed by atoms with Crippen LogP contribution in [0.5, 0.6) is 0 Å². The van der Waals surface area contributed by atoms with Gasteiger partial charge in [0.15, 0.2) is 11.4 Å². The molecule has 1 heterocycles. The molecule has 0 aliphatic rings. The van der Waals surface area contributed by atoms with Gasteiger partial charge in [-0.15, -0.1) is 0 Å². The first-order valence-electron chi connectivity index (χ1n) is 5.85. The second kappa shape index (κ2) is 7.45. The van der Waals surface area contributed by atoms with Crippen LogP contribution in [0.1, 0.15) is 29.2 Å². The average molecular weight is 272 g/mol. The summed E-state index contributed by atoms with van der Waals surface area (Å²) in [6, 6.07) is 0.